The van der Waals surface area contributed by atoms with Crippen molar-refractivity contribution in [1.29, 1.82) is 0 Å². The highest BCUT2D eigenvalue weighted by atomic mass is 16.3. The highest BCUT2D eigenvalue weighted by Gasteiger charge is 2.39. The summed E-state index contributed by atoms with van der Waals surface area (Å²) in [6, 6.07) is 5.59. The first-order chi connectivity index (χ1) is 9.47. The van der Waals surface area contributed by atoms with Gasteiger partial charge in [0.15, 0.2) is 5.76 Å². The predicted octanol–water partition coefficient (Wildman–Crippen LogP) is 2.74. The van der Waals surface area contributed by atoms with Crippen LogP contribution >= 0.6 is 0 Å². The molecule has 0 atom stereocenters. The van der Waals surface area contributed by atoms with E-state index in [9.17, 15) is 14.7 Å². The Morgan fingerprint density at radius 3 is 2.45 bits per heavy atom. The number of benzene rings is 1. The van der Waals surface area contributed by atoms with Crippen molar-refractivity contribution in [2.24, 2.45) is 0 Å². The number of hydrogen-bond donors (Lipinski definition) is 1. The highest BCUT2D eigenvalue weighted by Crippen LogP contribution is 2.30. The van der Waals surface area contributed by atoms with E-state index in [1.807, 2.05) is 32.9 Å². The first kappa shape index (κ1) is 14.3. The molecule has 0 saturated heterocycles. The van der Waals surface area contributed by atoms with Gasteiger partial charge in [0.05, 0.1) is 5.57 Å². The summed E-state index contributed by atoms with van der Waals surface area (Å²) in [7, 11) is 0. The number of aliphatic hydroxyl groups is 1. The van der Waals surface area contributed by atoms with Crippen molar-refractivity contribution >= 4 is 17.4 Å². The van der Waals surface area contributed by atoms with E-state index < -0.39 is 17.6 Å². The summed E-state index contributed by atoms with van der Waals surface area (Å²) in [5, 5.41) is 10.0. The second kappa shape index (κ2) is 5.49. The standard InChI is InChI=1S/C16H19NO3/c1-4-5-8-17-15(19)13(14(18)16(17)20)12-7-6-10(2)9-11(12)3/h6-7,9,18H,4-5,8H2,1-3H3. The van der Waals surface area contributed by atoms with Crippen LogP contribution in [0.3, 0.4) is 0 Å². The highest BCUT2D eigenvalue weighted by molar-refractivity contribution is 6.35. The second-order valence-corrected chi connectivity index (χ2v) is 5.16. The van der Waals surface area contributed by atoms with Crippen molar-refractivity contribution in [3.8, 4) is 0 Å². The number of rotatable bonds is 4. The van der Waals surface area contributed by atoms with Crippen LogP contribution in [0.4, 0.5) is 0 Å². The van der Waals surface area contributed by atoms with Gasteiger partial charge in [-0.3, -0.25) is 14.5 Å². The lowest BCUT2D eigenvalue weighted by atomic mass is 9.98. The van der Waals surface area contributed by atoms with Gasteiger partial charge in [-0.1, -0.05) is 37.1 Å². The third kappa shape index (κ3) is 2.33. The third-order valence-electron chi connectivity index (χ3n) is 3.53. The molecule has 0 saturated carbocycles. The minimum Gasteiger partial charge on any atom is -0.502 e. The van der Waals surface area contributed by atoms with E-state index in [0.717, 1.165) is 28.9 Å². The van der Waals surface area contributed by atoms with Crippen molar-refractivity contribution in [2.45, 2.75) is 33.6 Å². The maximum Gasteiger partial charge on any atom is 0.296 e. The monoisotopic (exact) mass is 273 g/mol. The number of aryl methyl sites for hydroxylation is 2. The quantitative estimate of drug-likeness (QED) is 0.858. The zero-order valence-corrected chi connectivity index (χ0v) is 12.1. The first-order valence-corrected chi connectivity index (χ1v) is 6.84. The molecule has 0 radical (unpaired) electrons. The molecule has 1 heterocycles. The average molecular weight is 273 g/mol. The van der Waals surface area contributed by atoms with Crippen LogP contribution in [0.25, 0.3) is 5.57 Å². The van der Waals surface area contributed by atoms with Gasteiger partial charge in [0.2, 0.25) is 0 Å². The SMILES string of the molecule is CCCCN1C(=O)C(O)=C(c2ccc(C)cc2C)C1=O. The minimum absolute atomic E-state index is 0.128. The van der Waals surface area contributed by atoms with Gasteiger partial charge in [0.25, 0.3) is 11.8 Å². The molecule has 0 bridgehead atoms. The molecule has 1 aromatic rings. The van der Waals surface area contributed by atoms with E-state index in [1.165, 1.54) is 0 Å². The second-order valence-electron chi connectivity index (χ2n) is 5.16. The van der Waals surface area contributed by atoms with Gasteiger partial charge in [-0.2, -0.15) is 0 Å². The zero-order chi connectivity index (χ0) is 14.9. The summed E-state index contributed by atoms with van der Waals surface area (Å²) >= 11 is 0. The van der Waals surface area contributed by atoms with Gasteiger partial charge in [0.1, 0.15) is 0 Å². The lowest BCUT2D eigenvalue weighted by Gasteiger charge is -2.14. The smallest absolute Gasteiger partial charge is 0.296 e. The minimum atomic E-state index is -0.585. The van der Waals surface area contributed by atoms with Crippen LogP contribution in [-0.2, 0) is 9.59 Å². The topological polar surface area (TPSA) is 57.6 Å². The molecule has 0 unspecified atom stereocenters. The maximum absolute atomic E-state index is 12.4. The molecule has 1 aromatic carbocycles. The molecule has 1 aliphatic rings. The van der Waals surface area contributed by atoms with Gasteiger partial charge in [-0.15, -0.1) is 0 Å². The van der Waals surface area contributed by atoms with Crippen LogP contribution < -0.4 is 0 Å². The Bertz CT molecular complexity index is 602. The van der Waals surface area contributed by atoms with E-state index in [0.29, 0.717) is 12.1 Å². The molecule has 0 spiro atoms. The van der Waals surface area contributed by atoms with Gasteiger partial charge in [-0.05, 0) is 31.4 Å². The molecule has 20 heavy (non-hydrogen) atoms. The van der Waals surface area contributed by atoms with Gasteiger partial charge in [-0.25, -0.2) is 0 Å². The Labute approximate surface area is 118 Å². The summed E-state index contributed by atoms with van der Waals surface area (Å²) in [5.41, 5.74) is 2.71. The Balaban J connectivity index is 2.41. The van der Waals surface area contributed by atoms with Gasteiger partial charge < -0.3 is 5.11 Å². The summed E-state index contributed by atoms with van der Waals surface area (Å²) in [5.74, 6) is -1.41. The molecule has 0 fully saturated rings. The predicted molar refractivity (Wildman–Crippen MR) is 77.1 cm³/mol. The number of hydrogen-bond acceptors (Lipinski definition) is 3. The number of unbranched alkanes of at least 4 members (excludes halogenated alkanes) is 1. The Morgan fingerprint density at radius 2 is 1.85 bits per heavy atom. The average Bonchev–Trinajstić information content (AvgIpc) is 2.60. The van der Waals surface area contributed by atoms with Gasteiger partial charge >= 0.3 is 0 Å². The fourth-order valence-corrected chi connectivity index (χ4v) is 2.42. The number of carbonyl (C=O) groups excluding carboxylic acids is 2. The lowest BCUT2D eigenvalue weighted by Crippen LogP contribution is -2.32. The van der Waals surface area contributed by atoms with E-state index in [2.05, 4.69) is 0 Å². The van der Waals surface area contributed by atoms with E-state index in [1.54, 1.807) is 6.07 Å². The van der Waals surface area contributed by atoms with Crippen LogP contribution in [0.2, 0.25) is 0 Å². The first-order valence-electron chi connectivity index (χ1n) is 6.84. The molecule has 0 aliphatic carbocycles. The molecule has 2 rings (SSSR count). The Morgan fingerprint density at radius 1 is 1.15 bits per heavy atom. The molecule has 1 N–H and O–H groups in total. The lowest BCUT2D eigenvalue weighted by molar-refractivity contribution is -0.138. The fourth-order valence-electron chi connectivity index (χ4n) is 2.42. The molecular weight excluding hydrogens is 254 g/mol. The van der Waals surface area contributed by atoms with Crippen molar-refractivity contribution in [1.82, 2.24) is 4.90 Å². The van der Waals surface area contributed by atoms with Crippen LogP contribution in [0.1, 0.15) is 36.5 Å². The van der Waals surface area contributed by atoms with E-state index >= 15 is 0 Å². The number of nitrogens with zero attached hydrogens (tertiary/aromatic N) is 1. The molecule has 2 amide bonds. The van der Waals surface area contributed by atoms with Gasteiger partial charge in [0, 0.05) is 6.54 Å². The molecule has 1 aliphatic heterocycles. The van der Waals surface area contributed by atoms with Crippen molar-refractivity contribution < 1.29 is 14.7 Å². The molecule has 4 nitrogen and oxygen atoms in total. The maximum atomic E-state index is 12.4. The van der Waals surface area contributed by atoms with Crippen LogP contribution in [0, 0.1) is 13.8 Å². The number of carbonyl (C=O) groups is 2. The number of aliphatic hydroxyl groups excluding tert-OH is 1. The van der Waals surface area contributed by atoms with Crippen LogP contribution in [0.5, 0.6) is 0 Å². The van der Waals surface area contributed by atoms with Crippen LogP contribution in [0.15, 0.2) is 24.0 Å². The van der Waals surface area contributed by atoms with Crippen LogP contribution in [-0.4, -0.2) is 28.4 Å². The largest absolute Gasteiger partial charge is 0.502 e. The molecule has 0 aromatic heterocycles. The molecule has 4 heteroatoms. The Kier molecular flexibility index (Phi) is 3.93. The summed E-state index contributed by atoms with van der Waals surface area (Å²) in [4.78, 5) is 25.5. The number of imide groups is 1. The third-order valence-corrected chi connectivity index (χ3v) is 3.53. The normalized spacial score (nSPS) is 15.4. The molecule has 106 valence electrons. The number of amides is 2. The molecular formula is C16H19NO3. The summed E-state index contributed by atoms with van der Waals surface area (Å²) < 4.78 is 0. The van der Waals surface area contributed by atoms with Crippen molar-refractivity contribution in [3.63, 3.8) is 0 Å². The zero-order valence-electron chi connectivity index (χ0n) is 12.1. The van der Waals surface area contributed by atoms with E-state index in [4.69, 9.17) is 0 Å². The van der Waals surface area contributed by atoms with E-state index in [-0.39, 0.29) is 5.57 Å². The summed E-state index contributed by atoms with van der Waals surface area (Å²) in [6.45, 7) is 6.17. The fraction of sp³-hybridized carbons (Fsp3) is 0.375. The Hall–Kier alpha value is -2.10. The summed E-state index contributed by atoms with van der Waals surface area (Å²) in [6.07, 6.45) is 1.63. The van der Waals surface area contributed by atoms with Crippen molar-refractivity contribution in [2.75, 3.05) is 6.54 Å². The van der Waals surface area contributed by atoms with Crippen molar-refractivity contribution in [3.05, 3.63) is 40.6 Å².